The van der Waals surface area contributed by atoms with Gasteiger partial charge in [0.2, 0.25) is 0 Å². The van der Waals surface area contributed by atoms with Crippen molar-refractivity contribution in [2.24, 2.45) is 0 Å². The maximum Gasteiger partial charge on any atom is 0.274 e. The SMILES string of the molecule is CCc1onc(C(=O)NC(C)(C)C(CC)(CC)N(CC)CC)c1C. The van der Waals surface area contributed by atoms with Crippen LogP contribution in [0.25, 0.3) is 0 Å². The molecule has 0 aliphatic heterocycles. The Hall–Kier alpha value is -1.36. The smallest absolute Gasteiger partial charge is 0.274 e. The van der Waals surface area contributed by atoms with Crippen LogP contribution >= 0.6 is 0 Å². The van der Waals surface area contributed by atoms with Crippen molar-refractivity contribution in [3.05, 3.63) is 17.0 Å². The highest BCUT2D eigenvalue weighted by Gasteiger charge is 2.47. The summed E-state index contributed by atoms with van der Waals surface area (Å²) in [6.45, 7) is 18.8. The van der Waals surface area contributed by atoms with Gasteiger partial charge in [-0.3, -0.25) is 9.69 Å². The molecular weight excluding hydrogens is 302 g/mol. The Balaban J connectivity index is 3.16. The molecule has 1 N–H and O–H groups in total. The molecule has 0 fully saturated rings. The summed E-state index contributed by atoms with van der Waals surface area (Å²) in [6.07, 6.45) is 2.68. The van der Waals surface area contributed by atoms with Crippen molar-refractivity contribution in [2.75, 3.05) is 13.1 Å². The normalized spacial score (nSPS) is 12.7. The summed E-state index contributed by atoms with van der Waals surface area (Å²) in [5.41, 5.74) is 0.752. The largest absolute Gasteiger partial charge is 0.360 e. The molecule has 5 nitrogen and oxygen atoms in total. The number of nitrogens with one attached hydrogen (secondary N) is 1. The fraction of sp³-hybridized carbons (Fsp3) is 0.789. The molecule has 0 aliphatic carbocycles. The van der Waals surface area contributed by atoms with Crippen molar-refractivity contribution in [3.8, 4) is 0 Å². The van der Waals surface area contributed by atoms with Crippen LogP contribution in [0.1, 0.15) is 83.1 Å². The average molecular weight is 338 g/mol. The van der Waals surface area contributed by atoms with Crippen LogP contribution in [0.4, 0.5) is 0 Å². The van der Waals surface area contributed by atoms with Gasteiger partial charge in [0, 0.05) is 17.5 Å². The van der Waals surface area contributed by atoms with E-state index >= 15 is 0 Å². The molecule has 0 saturated carbocycles. The van der Waals surface area contributed by atoms with Gasteiger partial charge in [0.25, 0.3) is 5.91 Å². The Morgan fingerprint density at radius 1 is 1.12 bits per heavy atom. The van der Waals surface area contributed by atoms with E-state index in [1.54, 1.807) is 0 Å². The van der Waals surface area contributed by atoms with Gasteiger partial charge in [-0.1, -0.05) is 39.8 Å². The number of nitrogens with zero attached hydrogens (tertiary/aromatic N) is 2. The van der Waals surface area contributed by atoms with E-state index in [1.165, 1.54) is 0 Å². The predicted octanol–water partition coefficient (Wildman–Crippen LogP) is 3.95. The lowest BCUT2D eigenvalue weighted by molar-refractivity contribution is 0.00964. The van der Waals surface area contributed by atoms with E-state index in [4.69, 9.17) is 4.52 Å². The van der Waals surface area contributed by atoms with Crippen molar-refractivity contribution < 1.29 is 9.32 Å². The Morgan fingerprint density at radius 3 is 2.04 bits per heavy atom. The third-order valence-corrected chi connectivity index (χ3v) is 5.68. The summed E-state index contributed by atoms with van der Waals surface area (Å²) >= 11 is 0. The van der Waals surface area contributed by atoms with Gasteiger partial charge in [-0.2, -0.15) is 0 Å². The van der Waals surface area contributed by atoms with Gasteiger partial charge in [0.05, 0.1) is 5.54 Å². The molecule has 1 rings (SSSR count). The van der Waals surface area contributed by atoms with Crippen LogP contribution < -0.4 is 5.32 Å². The standard InChI is InChI=1S/C19H35N3O2/c1-9-15-14(6)16(21-24-15)17(23)20-18(7,8)19(10-2,11-3)22(12-4)13-5/h9-13H2,1-8H3,(H,20,23). The second-order valence-corrected chi connectivity index (χ2v) is 6.92. The lowest BCUT2D eigenvalue weighted by atomic mass is 9.73. The zero-order valence-electron chi connectivity index (χ0n) is 16.7. The monoisotopic (exact) mass is 337 g/mol. The highest BCUT2D eigenvalue weighted by atomic mass is 16.5. The Kier molecular flexibility index (Phi) is 7.02. The summed E-state index contributed by atoms with van der Waals surface area (Å²) in [7, 11) is 0. The predicted molar refractivity (Wildman–Crippen MR) is 98.4 cm³/mol. The van der Waals surface area contributed by atoms with Crippen LogP contribution in [0.2, 0.25) is 0 Å². The first-order chi connectivity index (χ1) is 11.2. The van der Waals surface area contributed by atoms with Crippen molar-refractivity contribution in [1.29, 1.82) is 0 Å². The molecule has 1 amide bonds. The molecule has 1 heterocycles. The number of rotatable bonds is 9. The average Bonchev–Trinajstić information content (AvgIpc) is 2.92. The fourth-order valence-electron chi connectivity index (χ4n) is 4.18. The Morgan fingerprint density at radius 2 is 1.67 bits per heavy atom. The van der Waals surface area contributed by atoms with E-state index in [0.29, 0.717) is 5.69 Å². The van der Waals surface area contributed by atoms with E-state index in [-0.39, 0.29) is 11.4 Å². The Labute approximate surface area is 147 Å². The molecule has 24 heavy (non-hydrogen) atoms. The molecule has 0 radical (unpaired) electrons. The number of amides is 1. The van der Waals surface area contributed by atoms with Gasteiger partial charge >= 0.3 is 0 Å². The van der Waals surface area contributed by atoms with Gasteiger partial charge in [0.15, 0.2) is 5.69 Å². The van der Waals surface area contributed by atoms with Gasteiger partial charge in [-0.25, -0.2) is 0 Å². The van der Waals surface area contributed by atoms with Crippen LogP contribution in [-0.4, -0.2) is 40.1 Å². The molecule has 138 valence electrons. The minimum atomic E-state index is -0.391. The summed E-state index contributed by atoms with van der Waals surface area (Å²) < 4.78 is 5.29. The summed E-state index contributed by atoms with van der Waals surface area (Å²) in [5, 5.41) is 7.23. The lowest BCUT2D eigenvalue weighted by Gasteiger charge is -2.53. The molecule has 1 aromatic heterocycles. The second kappa shape index (κ2) is 8.15. The van der Waals surface area contributed by atoms with Gasteiger partial charge in [0.1, 0.15) is 5.76 Å². The first-order valence-electron chi connectivity index (χ1n) is 9.27. The summed E-state index contributed by atoms with van der Waals surface area (Å²) in [4.78, 5) is 15.3. The van der Waals surface area contributed by atoms with Crippen LogP contribution in [0, 0.1) is 6.92 Å². The maximum absolute atomic E-state index is 12.8. The lowest BCUT2D eigenvalue weighted by Crippen LogP contribution is -2.68. The molecule has 0 aliphatic rings. The number of hydrogen-bond donors (Lipinski definition) is 1. The molecule has 0 saturated heterocycles. The van der Waals surface area contributed by atoms with Gasteiger partial charge < -0.3 is 9.84 Å². The number of carbonyl (C=O) groups is 1. The first-order valence-corrected chi connectivity index (χ1v) is 9.27. The third-order valence-electron chi connectivity index (χ3n) is 5.68. The van der Waals surface area contributed by atoms with Crippen LogP contribution in [0.15, 0.2) is 4.52 Å². The second-order valence-electron chi connectivity index (χ2n) is 6.92. The number of hydrogen-bond acceptors (Lipinski definition) is 4. The van der Waals surface area contributed by atoms with Crippen molar-refractivity contribution >= 4 is 5.91 Å². The zero-order chi connectivity index (χ0) is 18.5. The molecular formula is C19H35N3O2. The molecule has 0 spiro atoms. The molecule has 1 aromatic rings. The number of aromatic nitrogens is 1. The van der Waals surface area contributed by atoms with Crippen LogP contribution in [-0.2, 0) is 6.42 Å². The molecule has 0 atom stereocenters. The van der Waals surface area contributed by atoms with Crippen molar-refractivity contribution in [3.63, 3.8) is 0 Å². The molecule has 0 aromatic carbocycles. The first kappa shape index (κ1) is 20.7. The van der Waals surface area contributed by atoms with Crippen LogP contribution in [0.5, 0.6) is 0 Å². The van der Waals surface area contributed by atoms with Crippen molar-refractivity contribution in [1.82, 2.24) is 15.4 Å². The fourth-order valence-corrected chi connectivity index (χ4v) is 4.18. The molecule has 0 bridgehead atoms. The van der Waals surface area contributed by atoms with E-state index in [2.05, 4.69) is 56.9 Å². The summed E-state index contributed by atoms with van der Waals surface area (Å²) in [6, 6.07) is 0. The van der Waals surface area contributed by atoms with Gasteiger partial charge in [-0.15, -0.1) is 0 Å². The Bertz CT molecular complexity index is 541. The summed E-state index contributed by atoms with van der Waals surface area (Å²) in [5.74, 6) is 0.623. The quantitative estimate of drug-likeness (QED) is 0.741. The van der Waals surface area contributed by atoms with Crippen molar-refractivity contribution in [2.45, 2.75) is 85.7 Å². The number of carbonyl (C=O) groups excluding carboxylic acids is 1. The van der Waals surface area contributed by atoms with E-state index in [0.717, 1.165) is 43.7 Å². The highest BCUT2D eigenvalue weighted by Crippen LogP contribution is 2.35. The molecule has 0 unspecified atom stereocenters. The number of likely N-dealkylation sites (N-methyl/N-ethyl adjacent to an activating group) is 1. The minimum absolute atomic E-state index is 0.0998. The third kappa shape index (κ3) is 3.51. The van der Waals surface area contributed by atoms with E-state index in [1.807, 2.05) is 13.8 Å². The zero-order valence-corrected chi connectivity index (χ0v) is 16.7. The maximum atomic E-state index is 12.8. The molecule has 5 heteroatoms. The number of aryl methyl sites for hydroxylation is 1. The highest BCUT2D eigenvalue weighted by molar-refractivity contribution is 5.94. The van der Waals surface area contributed by atoms with E-state index < -0.39 is 5.54 Å². The van der Waals surface area contributed by atoms with Gasteiger partial charge in [-0.05, 0) is 46.7 Å². The van der Waals surface area contributed by atoms with Crippen LogP contribution in [0.3, 0.4) is 0 Å². The van der Waals surface area contributed by atoms with E-state index in [9.17, 15) is 4.79 Å². The topological polar surface area (TPSA) is 58.4 Å². The minimum Gasteiger partial charge on any atom is -0.360 e.